The fourth-order valence-electron chi connectivity index (χ4n) is 2.79. The lowest BCUT2D eigenvalue weighted by atomic mass is 10.1. The minimum atomic E-state index is -0.437. The van der Waals surface area contributed by atoms with Crippen LogP contribution in [0.1, 0.15) is 24.5 Å². The molecule has 0 radical (unpaired) electrons. The summed E-state index contributed by atoms with van der Waals surface area (Å²) in [5, 5.41) is 20.3. The molecule has 0 aliphatic heterocycles. The first-order valence-electron chi connectivity index (χ1n) is 8.52. The number of anilines is 1. The lowest BCUT2D eigenvalue weighted by molar-refractivity contribution is -0.384. The molecule has 0 saturated carbocycles. The molecule has 0 spiro atoms. The summed E-state index contributed by atoms with van der Waals surface area (Å²) in [6, 6.07) is 12.3. The van der Waals surface area contributed by atoms with E-state index < -0.39 is 4.92 Å². The van der Waals surface area contributed by atoms with Crippen molar-refractivity contribution in [2.75, 3.05) is 25.4 Å². The number of nitro groups is 1. The predicted molar refractivity (Wildman–Crippen MR) is 99.8 cm³/mol. The SMILES string of the molecule is CCCN(CCc1ccc(O)cc1)CCc1ccc(N)c([N+](=O)[O-])c1. The van der Waals surface area contributed by atoms with Gasteiger partial charge >= 0.3 is 0 Å². The lowest BCUT2D eigenvalue weighted by Gasteiger charge is -2.21. The zero-order valence-electron chi connectivity index (χ0n) is 14.5. The van der Waals surface area contributed by atoms with Gasteiger partial charge in [-0.2, -0.15) is 0 Å². The molecule has 0 aliphatic carbocycles. The largest absolute Gasteiger partial charge is 0.508 e. The molecule has 0 saturated heterocycles. The van der Waals surface area contributed by atoms with Gasteiger partial charge in [-0.05, 0) is 55.1 Å². The van der Waals surface area contributed by atoms with Gasteiger partial charge in [0.15, 0.2) is 0 Å². The summed E-state index contributed by atoms with van der Waals surface area (Å²) < 4.78 is 0. The highest BCUT2D eigenvalue weighted by Crippen LogP contribution is 2.22. The number of hydrogen-bond acceptors (Lipinski definition) is 5. The summed E-state index contributed by atoms with van der Waals surface area (Å²) in [4.78, 5) is 12.9. The van der Waals surface area contributed by atoms with E-state index in [9.17, 15) is 15.2 Å². The number of rotatable bonds is 9. The number of phenolic OH excluding ortho intramolecular Hbond substituents is 1. The summed E-state index contributed by atoms with van der Waals surface area (Å²) in [5.41, 5.74) is 7.93. The van der Waals surface area contributed by atoms with Crippen molar-refractivity contribution in [3.05, 3.63) is 63.7 Å². The van der Waals surface area contributed by atoms with Crippen LogP contribution >= 0.6 is 0 Å². The molecular formula is C19H25N3O3. The number of phenols is 1. The second-order valence-corrected chi connectivity index (χ2v) is 6.16. The molecule has 0 unspecified atom stereocenters. The Morgan fingerprint density at radius 1 is 1.04 bits per heavy atom. The standard InChI is InChI=1S/C19H25N3O3/c1-2-11-21(12-9-15-3-6-17(23)7-4-15)13-10-16-5-8-18(20)19(14-16)22(24)25/h3-8,14,23H,2,9-13,20H2,1H3. The average molecular weight is 343 g/mol. The Morgan fingerprint density at radius 3 is 2.24 bits per heavy atom. The third-order valence-corrected chi connectivity index (χ3v) is 4.20. The number of nitrogens with zero attached hydrogens (tertiary/aromatic N) is 2. The van der Waals surface area contributed by atoms with Crippen LogP contribution in [0.5, 0.6) is 5.75 Å². The number of hydrogen-bond donors (Lipinski definition) is 2. The molecule has 134 valence electrons. The van der Waals surface area contributed by atoms with E-state index in [1.54, 1.807) is 24.3 Å². The molecule has 0 aliphatic rings. The van der Waals surface area contributed by atoms with Gasteiger partial charge in [0, 0.05) is 19.2 Å². The van der Waals surface area contributed by atoms with Gasteiger partial charge in [0.25, 0.3) is 5.69 Å². The zero-order valence-corrected chi connectivity index (χ0v) is 14.5. The fourth-order valence-corrected chi connectivity index (χ4v) is 2.79. The molecule has 0 amide bonds. The highest BCUT2D eigenvalue weighted by molar-refractivity contribution is 5.59. The fraction of sp³-hybridized carbons (Fsp3) is 0.368. The number of nitrogens with two attached hydrogens (primary N) is 1. The van der Waals surface area contributed by atoms with Gasteiger partial charge in [-0.25, -0.2) is 0 Å². The van der Waals surface area contributed by atoms with Crippen LogP contribution in [0.4, 0.5) is 11.4 Å². The van der Waals surface area contributed by atoms with E-state index in [0.717, 1.165) is 44.5 Å². The minimum absolute atomic E-state index is 0.0244. The van der Waals surface area contributed by atoms with Crippen molar-refractivity contribution in [2.45, 2.75) is 26.2 Å². The van der Waals surface area contributed by atoms with E-state index in [1.807, 2.05) is 18.2 Å². The maximum atomic E-state index is 11.0. The van der Waals surface area contributed by atoms with Crippen molar-refractivity contribution in [1.82, 2.24) is 4.90 Å². The van der Waals surface area contributed by atoms with E-state index in [2.05, 4.69) is 11.8 Å². The maximum absolute atomic E-state index is 11.0. The second kappa shape index (κ2) is 9.03. The van der Waals surface area contributed by atoms with Gasteiger partial charge < -0.3 is 15.7 Å². The Balaban J connectivity index is 1.93. The summed E-state index contributed by atoms with van der Waals surface area (Å²) in [6.07, 6.45) is 2.70. The Kier molecular flexibility index (Phi) is 6.77. The van der Waals surface area contributed by atoms with E-state index in [-0.39, 0.29) is 17.1 Å². The zero-order chi connectivity index (χ0) is 18.2. The smallest absolute Gasteiger partial charge is 0.292 e. The van der Waals surface area contributed by atoms with Gasteiger partial charge in [0.1, 0.15) is 11.4 Å². The molecule has 6 nitrogen and oxygen atoms in total. The van der Waals surface area contributed by atoms with Gasteiger partial charge in [-0.1, -0.05) is 25.1 Å². The first-order valence-corrected chi connectivity index (χ1v) is 8.52. The number of aromatic hydroxyl groups is 1. The summed E-state index contributed by atoms with van der Waals surface area (Å²) in [6.45, 7) is 4.87. The molecule has 25 heavy (non-hydrogen) atoms. The summed E-state index contributed by atoms with van der Waals surface area (Å²) in [5.74, 6) is 0.277. The Bertz CT molecular complexity index is 702. The van der Waals surface area contributed by atoms with E-state index >= 15 is 0 Å². The van der Waals surface area contributed by atoms with Crippen molar-refractivity contribution in [3.63, 3.8) is 0 Å². The molecule has 2 rings (SSSR count). The van der Waals surface area contributed by atoms with Gasteiger partial charge in [-0.15, -0.1) is 0 Å². The molecule has 2 aromatic rings. The second-order valence-electron chi connectivity index (χ2n) is 6.16. The number of benzene rings is 2. The Labute approximate surface area is 148 Å². The molecule has 0 heterocycles. The van der Waals surface area contributed by atoms with Crippen LogP contribution in [0.25, 0.3) is 0 Å². The van der Waals surface area contributed by atoms with Crippen LogP contribution in [-0.4, -0.2) is 34.6 Å². The Morgan fingerprint density at radius 2 is 1.64 bits per heavy atom. The third-order valence-electron chi connectivity index (χ3n) is 4.20. The van der Waals surface area contributed by atoms with Gasteiger partial charge in [0.05, 0.1) is 4.92 Å². The molecule has 0 aromatic heterocycles. The van der Waals surface area contributed by atoms with Crippen LogP contribution in [0.2, 0.25) is 0 Å². The molecule has 0 atom stereocenters. The third kappa shape index (κ3) is 5.76. The van der Waals surface area contributed by atoms with Crippen molar-refractivity contribution in [2.24, 2.45) is 0 Å². The monoisotopic (exact) mass is 343 g/mol. The first kappa shape index (κ1) is 18.7. The van der Waals surface area contributed by atoms with Gasteiger partial charge in [-0.3, -0.25) is 10.1 Å². The van der Waals surface area contributed by atoms with E-state index in [0.29, 0.717) is 0 Å². The predicted octanol–water partition coefficient (Wildman–Crippen LogP) is 3.38. The van der Waals surface area contributed by atoms with E-state index in [4.69, 9.17) is 5.73 Å². The van der Waals surface area contributed by atoms with Crippen LogP contribution in [-0.2, 0) is 12.8 Å². The van der Waals surface area contributed by atoms with E-state index in [1.165, 1.54) is 5.56 Å². The summed E-state index contributed by atoms with van der Waals surface area (Å²) in [7, 11) is 0. The van der Waals surface area contributed by atoms with Gasteiger partial charge in [0.2, 0.25) is 0 Å². The number of nitrogen functional groups attached to an aromatic ring is 1. The first-order chi connectivity index (χ1) is 12.0. The van der Waals surface area contributed by atoms with Crippen LogP contribution in [0.3, 0.4) is 0 Å². The lowest BCUT2D eigenvalue weighted by Crippen LogP contribution is -2.29. The normalized spacial score (nSPS) is 11.0. The average Bonchev–Trinajstić information content (AvgIpc) is 2.59. The van der Waals surface area contributed by atoms with Crippen molar-refractivity contribution in [1.29, 1.82) is 0 Å². The van der Waals surface area contributed by atoms with Crippen molar-refractivity contribution in [3.8, 4) is 5.75 Å². The maximum Gasteiger partial charge on any atom is 0.292 e. The molecule has 2 aromatic carbocycles. The van der Waals surface area contributed by atoms with Crippen molar-refractivity contribution < 1.29 is 10.0 Å². The summed E-state index contributed by atoms with van der Waals surface area (Å²) >= 11 is 0. The molecule has 3 N–H and O–H groups in total. The van der Waals surface area contributed by atoms with Crippen molar-refractivity contribution >= 4 is 11.4 Å². The highest BCUT2D eigenvalue weighted by atomic mass is 16.6. The minimum Gasteiger partial charge on any atom is -0.508 e. The molecule has 6 heteroatoms. The van der Waals surface area contributed by atoms with Crippen LogP contribution in [0.15, 0.2) is 42.5 Å². The highest BCUT2D eigenvalue weighted by Gasteiger charge is 2.12. The van der Waals surface area contributed by atoms with Crippen LogP contribution in [0, 0.1) is 10.1 Å². The number of nitro benzene ring substituents is 1. The molecule has 0 fully saturated rings. The quantitative estimate of drug-likeness (QED) is 0.414. The molecule has 0 bridgehead atoms. The van der Waals surface area contributed by atoms with Crippen LogP contribution < -0.4 is 5.73 Å². The molecular weight excluding hydrogens is 318 g/mol. The topological polar surface area (TPSA) is 92.6 Å². The Hall–Kier alpha value is -2.60.